The van der Waals surface area contributed by atoms with Crippen LogP contribution in [0, 0.1) is 0 Å². The topological polar surface area (TPSA) is 38.7 Å². The van der Waals surface area contributed by atoms with Crippen LogP contribution in [0.3, 0.4) is 0 Å². The average molecular weight is 794 g/mol. The summed E-state index contributed by atoms with van der Waals surface area (Å²) in [5, 5.41) is 9.97. The zero-order valence-corrected chi connectivity index (χ0v) is 33.8. The van der Waals surface area contributed by atoms with Gasteiger partial charge in [0.05, 0.1) is 0 Å². The van der Waals surface area contributed by atoms with Gasteiger partial charge in [0.1, 0.15) is 0 Å². The van der Waals surface area contributed by atoms with Gasteiger partial charge in [-0.2, -0.15) is 0 Å². The number of nitrogens with zero attached hydrogens (tertiary/aromatic N) is 3. The van der Waals surface area contributed by atoms with Crippen LogP contribution < -0.4 is 0 Å². The minimum absolute atomic E-state index is 0.625. The Balaban J connectivity index is 1.03. The molecule has 0 aliphatic heterocycles. The van der Waals surface area contributed by atoms with Crippen molar-refractivity contribution >= 4 is 63.8 Å². The second-order valence-corrected chi connectivity index (χ2v) is 16.6. The van der Waals surface area contributed by atoms with E-state index in [-0.39, 0.29) is 0 Å². The first kappa shape index (κ1) is 35.2. The van der Waals surface area contributed by atoms with Gasteiger partial charge in [-0.25, -0.2) is 15.0 Å². The van der Waals surface area contributed by atoms with Crippen LogP contribution in [-0.4, -0.2) is 15.0 Å². The van der Waals surface area contributed by atoms with Crippen molar-refractivity contribution in [2.45, 2.75) is 0 Å². The zero-order valence-electron chi connectivity index (χ0n) is 33.0. The van der Waals surface area contributed by atoms with Crippen molar-refractivity contribution in [2.75, 3.05) is 0 Å². The molecule has 0 N–H and O–H groups in total. The largest absolute Gasteiger partial charge is 0.208 e. The van der Waals surface area contributed by atoms with Gasteiger partial charge in [-0.15, -0.1) is 11.3 Å². The Morgan fingerprint density at radius 1 is 0.262 bits per heavy atom. The number of hydrogen-bond acceptors (Lipinski definition) is 4. The number of hydrogen-bond donors (Lipinski definition) is 0. The van der Waals surface area contributed by atoms with Crippen molar-refractivity contribution in [2.24, 2.45) is 0 Å². The van der Waals surface area contributed by atoms with Crippen molar-refractivity contribution in [3.05, 3.63) is 212 Å². The van der Waals surface area contributed by atoms with E-state index in [1.807, 2.05) is 17.4 Å². The molecule has 284 valence electrons. The molecule has 4 heteroatoms. The van der Waals surface area contributed by atoms with E-state index < -0.39 is 0 Å². The maximum Gasteiger partial charge on any atom is 0.164 e. The molecule has 0 spiro atoms. The summed E-state index contributed by atoms with van der Waals surface area (Å²) in [6, 6.07) is 75.8. The fraction of sp³-hybridized carbons (Fsp3) is 0. The highest BCUT2D eigenvalue weighted by molar-refractivity contribution is 7.25. The molecular weight excluding hydrogens is 759 g/mol. The lowest BCUT2D eigenvalue weighted by atomic mass is 9.89. The molecule has 61 heavy (non-hydrogen) atoms. The Kier molecular flexibility index (Phi) is 8.36. The molecule has 0 radical (unpaired) electrons. The highest BCUT2D eigenvalue weighted by Gasteiger charge is 2.18. The van der Waals surface area contributed by atoms with E-state index in [2.05, 4.69) is 206 Å². The number of thiophene rings is 1. The first-order valence-corrected chi connectivity index (χ1v) is 21.4. The monoisotopic (exact) mass is 793 g/mol. The van der Waals surface area contributed by atoms with Crippen molar-refractivity contribution in [3.63, 3.8) is 0 Å². The summed E-state index contributed by atoms with van der Waals surface area (Å²) in [6.45, 7) is 0. The summed E-state index contributed by atoms with van der Waals surface area (Å²) >= 11 is 1.83. The average Bonchev–Trinajstić information content (AvgIpc) is 3.71. The summed E-state index contributed by atoms with van der Waals surface area (Å²) in [5.74, 6) is 1.88. The lowest BCUT2D eigenvalue weighted by Crippen LogP contribution is -2.01. The summed E-state index contributed by atoms with van der Waals surface area (Å²) in [6.07, 6.45) is 0. The van der Waals surface area contributed by atoms with Crippen molar-refractivity contribution in [3.8, 4) is 67.5 Å². The SMILES string of the molecule is c1ccc(-c2cccc(-c3nc(-c4ccc(-c5c6ccccc6cc6c5ccc5ccccc56)cc4)nc(-c4ccccc4-c4ccc5sc6ccccc6c5c4)n3)c2)cc1. The molecular formula is C57H35N3S. The number of aromatic nitrogens is 3. The molecule has 0 fully saturated rings. The maximum absolute atomic E-state index is 5.28. The van der Waals surface area contributed by atoms with Crippen LogP contribution in [0.2, 0.25) is 0 Å². The normalized spacial score (nSPS) is 11.6. The van der Waals surface area contributed by atoms with E-state index in [0.29, 0.717) is 17.5 Å². The van der Waals surface area contributed by atoms with Crippen molar-refractivity contribution in [1.82, 2.24) is 15.0 Å². The van der Waals surface area contributed by atoms with Crippen LogP contribution in [0.15, 0.2) is 212 Å². The fourth-order valence-corrected chi connectivity index (χ4v) is 10.1. The summed E-state index contributed by atoms with van der Waals surface area (Å²) in [7, 11) is 0. The van der Waals surface area contributed by atoms with Crippen LogP contribution in [0.5, 0.6) is 0 Å². The lowest BCUT2D eigenvalue weighted by Gasteiger charge is -2.15. The molecule has 0 saturated carbocycles. The quantitative estimate of drug-likeness (QED) is 0.124. The van der Waals surface area contributed by atoms with Gasteiger partial charge in [-0.1, -0.05) is 182 Å². The Hall–Kier alpha value is -7.79. The predicted molar refractivity (Wildman–Crippen MR) is 258 cm³/mol. The maximum atomic E-state index is 5.28. The van der Waals surface area contributed by atoms with E-state index >= 15 is 0 Å². The Morgan fingerprint density at radius 3 is 1.72 bits per heavy atom. The number of fused-ring (bicyclic) bond motifs is 7. The molecule has 0 amide bonds. The van der Waals surface area contributed by atoms with Gasteiger partial charge in [0.2, 0.25) is 0 Å². The van der Waals surface area contributed by atoms with Gasteiger partial charge in [0, 0.05) is 36.9 Å². The summed E-state index contributed by atoms with van der Waals surface area (Å²) in [5.41, 5.74) is 9.64. The van der Waals surface area contributed by atoms with Crippen LogP contribution >= 0.6 is 11.3 Å². The third-order valence-corrected chi connectivity index (χ3v) is 13.1. The minimum atomic E-state index is 0.625. The van der Waals surface area contributed by atoms with Gasteiger partial charge in [0.15, 0.2) is 17.5 Å². The molecule has 0 saturated heterocycles. The van der Waals surface area contributed by atoms with Crippen LogP contribution in [-0.2, 0) is 0 Å². The summed E-state index contributed by atoms with van der Waals surface area (Å²) in [4.78, 5) is 15.8. The zero-order chi connectivity index (χ0) is 40.3. The molecule has 10 aromatic carbocycles. The standard InChI is InChI=1S/C57H35N3S/c1-2-13-36(14-3-1)40-17-12-18-43(33-40)56-58-55(59-57(60-56)49-23-9-8-20-45(49)42-30-32-53-51(35-42)47-22-10-11-24-52(47)61-53)39-27-25-38(26-28-39)54-46-21-7-5-16-41(46)34-50-44-19-6-4-15-37(44)29-31-48(50)54/h1-35H. The van der Waals surface area contributed by atoms with Gasteiger partial charge < -0.3 is 0 Å². The van der Waals surface area contributed by atoms with E-state index in [4.69, 9.17) is 15.0 Å². The Morgan fingerprint density at radius 2 is 0.869 bits per heavy atom. The first-order valence-electron chi connectivity index (χ1n) is 20.6. The Labute approximate surface area is 356 Å². The molecule has 12 rings (SSSR count). The van der Waals surface area contributed by atoms with Crippen LogP contribution in [0.4, 0.5) is 0 Å². The third-order valence-electron chi connectivity index (χ3n) is 11.9. The first-order chi connectivity index (χ1) is 30.2. The van der Waals surface area contributed by atoms with Gasteiger partial charge in [0.25, 0.3) is 0 Å². The molecule has 2 aromatic heterocycles. The molecule has 0 aliphatic carbocycles. The smallest absolute Gasteiger partial charge is 0.164 e. The minimum Gasteiger partial charge on any atom is -0.208 e. The number of rotatable bonds is 6. The third kappa shape index (κ3) is 6.16. The second-order valence-electron chi connectivity index (χ2n) is 15.5. The highest BCUT2D eigenvalue weighted by atomic mass is 32.1. The second kappa shape index (κ2) is 14.5. The van der Waals surface area contributed by atoms with Gasteiger partial charge >= 0.3 is 0 Å². The van der Waals surface area contributed by atoms with E-state index in [9.17, 15) is 0 Å². The molecule has 0 unspecified atom stereocenters. The van der Waals surface area contributed by atoms with E-state index in [1.54, 1.807) is 0 Å². The molecule has 3 nitrogen and oxygen atoms in total. The molecule has 2 heterocycles. The van der Waals surface area contributed by atoms with E-state index in [1.165, 1.54) is 58.1 Å². The van der Waals surface area contributed by atoms with Crippen molar-refractivity contribution in [1.29, 1.82) is 0 Å². The van der Waals surface area contributed by atoms with E-state index in [0.717, 1.165) is 44.5 Å². The summed E-state index contributed by atoms with van der Waals surface area (Å²) < 4.78 is 2.57. The van der Waals surface area contributed by atoms with Crippen molar-refractivity contribution < 1.29 is 0 Å². The van der Waals surface area contributed by atoms with Gasteiger partial charge in [-0.3, -0.25) is 0 Å². The molecule has 0 atom stereocenters. The molecule has 0 aliphatic rings. The highest BCUT2D eigenvalue weighted by Crippen LogP contribution is 2.41. The fourth-order valence-electron chi connectivity index (χ4n) is 8.96. The number of benzene rings is 10. The molecule has 12 aromatic rings. The predicted octanol–water partition coefficient (Wildman–Crippen LogP) is 15.7. The Bertz CT molecular complexity index is 3650. The lowest BCUT2D eigenvalue weighted by molar-refractivity contribution is 1.07. The molecule has 0 bridgehead atoms. The van der Waals surface area contributed by atoms with Gasteiger partial charge in [-0.05, 0) is 96.0 Å². The van der Waals surface area contributed by atoms with Crippen LogP contribution in [0.1, 0.15) is 0 Å². The van der Waals surface area contributed by atoms with Crippen LogP contribution in [0.25, 0.3) is 120 Å².